The summed E-state index contributed by atoms with van der Waals surface area (Å²) in [7, 11) is 0. The van der Waals surface area contributed by atoms with Gasteiger partial charge in [-0.25, -0.2) is 4.39 Å². The van der Waals surface area contributed by atoms with E-state index >= 15 is 0 Å². The van der Waals surface area contributed by atoms with E-state index in [4.69, 9.17) is 0 Å². The Kier molecular flexibility index (Phi) is 2.42. The molecule has 8 heteroatoms. The van der Waals surface area contributed by atoms with Crippen LogP contribution in [0.2, 0.25) is 0 Å². The molecule has 22 heavy (non-hydrogen) atoms. The van der Waals surface area contributed by atoms with Crippen LogP contribution in [0.4, 0.5) is 17.6 Å². The summed E-state index contributed by atoms with van der Waals surface area (Å²) in [4.78, 5) is 0. The van der Waals surface area contributed by atoms with Crippen LogP contribution in [0.5, 0.6) is 0 Å². The molecule has 0 spiro atoms. The van der Waals surface area contributed by atoms with Gasteiger partial charge < -0.3 is 0 Å². The molecule has 0 aliphatic carbocycles. The highest BCUT2D eigenvalue weighted by Crippen LogP contribution is 2.42. The molecule has 0 saturated heterocycles. The lowest BCUT2D eigenvalue weighted by molar-refractivity contribution is -0.136. The topological polar surface area (TPSA) is 43.6 Å². The summed E-state index contributed by atoms with van der Waals surface area (Å²) in [5.74, 6) is -0.677. The molecule has 0 unspecified atom stereocenters. The molecule has 2 bridgehead atoms. The highest BCUT2D eigenvalue weighted by Gasteiger charge is 2.34. The standard InChI is InChI=1S/C14H6F4N4/c15-10-5-7-1-2-8(10)13-9(14(16,17)18)3-4-11(12(7)13)22-6-19-20-21-22/h1-6H. The number of halogens is 4. The van der Waals surface area contributed by atoms with Crippen molar-refractivity contribution in [2.45, 2.75) is 6.18 Å². The second-order valence-corrected chi connectivity index (χ2v) is 4.83. The summed E-state index contributed by atoms with van der Waals surface area (Å²) >= 11 is 0. The molecule has 5 rings (SSSR count). The van der Waals surface area contributed by atoms with E-state index in [2.05, 4.69) is 15.5 Å². The van der Waals surface area contributed by atoms with Gasteiger partial charge >= 0.3 is 6.18 Å². The van der Waals surface area contributed by atoms with E-state index in [0.717, 1.165) is 6.07 Å². The quantitative estimate of drug-likeness (QED) is 0.505. The van der Waals surface area contributed by atoms with E-state index in [-0.39, 0.29) is 16.2 Å². The van der Waals surface area contributed by atoms with E-state index in [9.17, 15) is 17.6 Å². The number of alkyl halides is 3. The molecule has 110 valence electrons. The lowest BCUT2D eigenvalue weighted by Crippen LogP contribution is -2.08. The first-order valence-electron chi connectivity index (χ1n) is 6.24. The van der Waals surface area contributed by atoms with Crippen molar-refractivity contribution in [2.75, 3.05) is 0 Å². The molecule has 0 aliphatic rings. The minimum absolute atomic E-state index is 0.0766. The van der Waals surface area contributed by atoms with Crippen molar-refractivity contribution in [2.24, 2.45) is 0 Å². The predicted molar refractivity (Wildman–Crippen MR) is 70.3 cm³/mol. The molecule has 0 amide bonds. The molecule has 0 radical (unpaired) electrons. The normalized spacial score (nSPS) is 12.5. The third kappa shape index (κ3) is 1.66. The number of tetrazole rings is 1. The fourth-order valence-electron chi connectivity index (χ4n) is 2.74. The molecule has 4 aromatic carbocycles. The highest BCUT2D eigenvalue weighted by molar-refractivity contribution is 6.15. The molecule has 1 heterocycles. The van der Waals surface area contributed by atoms with Gasteiger partial charge in [-0.3, -0.25) is 0 Å². The van der Waals surface area contributed by atoms with Crippen molar-refractivity contribution in [1.82, 2.24) is 20.2 Å². The number of benzene rings is 4. The van der Waals surface area contributed by atoms with E-state index < -0.39 is 17.6 Å². The van der Waals surface area contributed by atoms with Gasteiger partial charge in [-0.05, 0) is 34.0 Å². The Morgan fingerprint density at radius 3 is 2.45 bits per heavy atom. The van der Waals surface area contributed by atoms with Crippen LogP contribution < -0.4 is 0 Å². The molecule has 4 nitrogen and oxygen atoms in total. The van der Waals surface area contributed by atoms with Gasteiger partial charge in [0.2, 0.25) is 0 Å². The van der Waals surface area contributed by atoms with Crippen LogP contribution in [0.15, 0.2) is 36.7 Å². The summed E-state index contributed by atoms with van der Waals surface area (Å²) in [5, 5.41) is 11.1. The van der Waals surface area contributed by atoms with Gasteiger partial charge in [-0.15, -0.1) is 5.10 Å². The van der Waals surface area contributed by atoms with Gasteiger partial charge in [0.05, 0.1) is 11.3 Å². The maximum atomic E-state index is 13.9. The first-order valence-corrected chi connectivity index (χ1v) is 6.24. The van der Waals surface area contributed by atoms with Crippen LogP contribution in [0.3, 0.4) is 0 Å². The van der Waals surface area contributed by atoms with Crippen molar-refractivity contribution in [3.63, 3.8) is 0 Å². The van der Waals surface area contributed by atoms with E-state index in [1.54, 1.807) is 6.07 Å². The minimum Gasteiger partial charge on any atom is -0.206 e. The zero-order valence-electron chi connectivity index (χ0n) is 10.8. The third-order valence-corrected chi connectivity index (χ3v) is 3.61. The number of rotatable bonds is 1. The Morgan fingerprint density at radius 2 is 1.82 bits per heavy atom. The monoisotopic (exact) mass is 306 g/mol. The summed E-state index contributed by atoms with van der Waals surface area (Å²) in [6, 6.07) is 6.35. The Labute approximate surface area is 120 Å². The second-order valence-electron chi connectivity index (χ2n) is 4.83. The lowest BCUT2D eigenvalue weighted by atomic mass is 9.93. The largest absolute Gasteiger partial charge is 0.417 e. The fourth-order valence-corrected chi connectivity index (χ4v) is 2.74. The van der Waals surface area contributed by atoms with Gasteiger partial charge in [-0.2, -0.15) is 17.9 Å². The highest BCUT2D eigenvalue weighted by atomic mass is 19.4. The van der Waals surface area contributed by atoms with E-state index in [0.29, 0.717) is 11.1 Å². The fraction of sp³-hybridized carbons (Fsp3) is 0.0714. The smallest absolute Gasteiger partial charge is 0.206 e. The van der Waals surface area contributed by atoms with E-state index in [1.165, 1.54) is 29.2 Å². The van der Waals surface area contributed by atoms with Crippen LogP contribution in [0, 0.1) is 5.82 Å². The van der Waals surface area contributed by atoms with Crippen molar-refractivity contribution in [1.29, 1.82) is 0 Å². The molecule has 0 atom stereocenters. The van der Waals surface area contributed by atoms with Gasteiger partial charge in [-0.1, -0.05) is 12.1 Å². The first-order chi connectivity index (χ1) is 10.5. The second kappa shape index (κ2) is 4.12. The number of fused-ring (bicyclic) bond motifs is 2. The molecule has 0 fully saturated rings. The van der Waals surface area contributed by atoms with Crippen molar-refractivity contribution in [3.05, 3.63) is 48.0 Å². The summed E-state index contributed by atoms with van der Waals surface area (Å²) in [6.45, 7) is 0. The lowest BCUT2D eigenvalue weighted by Gasteiger charge is -2.17. The Morgan fingerprint density at radius 1 is 1.00 bits per heavy atom. The van der Waals surface area contributed by atoms with Crippen molar-refractivity contribution in [3.8, 4) is 5.69 Å². The molecule has 0 saturated carbocycles. The summed E-state index contributed by atoms with van der Waals surface area (Å²) in [5.41, 5.74) is -0.506. The maximum Gasteiger partial charge on any atom is 0.417 e. The van der Waals surface area contributed by atoms with Crippen LogP contribution >= 0.6 is 0 Å². The summed E-state index contributed by atoms with van der Waals surface area (Å²) < 4.78 is 55.0. The molecular weight excluding hydrogens is 300 g/mol. The molecule has 5 aromatic rings. The molecular formula is C14H6F4N4. The van der Waals surface area contributed by atoms with Gasteiger partial charge in [0.25, 0.3) is 0 Å². The van der Waals surface area contributed by atoms with Gasteiger partial charge in [0, 0.05) is 16.2 Å². The van der Waals surface area contributed by atoms with Gasteiger partial charge in [0.15, 0.2) is 0 Å². The maximum absolute atomic E-state index is 13.9. The zero-order valence-corrected chi connectivity index (χ0v) is 10.8. The van der Waals surface area contributed by atoms with Crippen LogP contribution in [0.1, 0.15) is 5.56 Å². The first kappa shape index (κ1) is 12.9. The third-order valence-electron chi connectivity index (χ3n) is 3.61. The average Bonchev–Trinajstić information content (AvgIpc) is 2.99. The van der Waals surface area contributed by atoms with Crippen LogP contribution in [-0.4, -0.2) is 20.2 Å². The number of hydrogen-bond donors (Lipinski definition) is 0. The SMILES string of the molecule is Fc1cc2ccc1c1c(C(F)(F)F)ccc(-n3cnnn3)c21. The van der Waals surface area contributed by atoms with Crippen LogP contribution in [-0.2, 0) is 6.18 Å². The van der Waals surface area contributed by atoms with Crippen LogP contribution in [0.25, 0.3) is 27.2 Å². The number of aromatic nitrogens is 4. The molecule has 0 aliphatic heterocycles. The molecule has 0 N–H and O–H groups in total. The Hall–Kier alpha value is -2.77. The predicted octanol–water partition coefficient (Wildman–Crippen LogP) is 3.56. The van der Waals surface area contributed by atoms with Gasteiger partial charge in [0.1, 0.15) is 12.1 Å². The van der Waals surface area contributed by atoms with Crippen molar-refractivity contribution >= 4 is 21.5 Å². The minimum atomic E-state index is -4.58. The van der Waals surface area contributed by atoms with E-state index in [1.807, 2.05) is 0 Å². The zero-order chi connectivity index (χ0) is 15.5. The average molecular weight is 306 g/mol. The number of hydrogen-bond acceptors (Lipinski definition) is 3. The Balaban J connectivity index is 2.23. The Bertz CT molecular complexity index is 976. The summed E-state index contributed by atoms with van der Waals surface area (Å²) in [6.07, 6.45) is -3.30. The number of nitrogens with zero attached hydrogens (tertiary/aromatic N) is 4. The molecule has 1 aromatic heterocycles. The van der Waals surface area contributed by atoms with Crippen molar-refractivity contribution < 1.29 is 17.6 Å².